The lowest BCUT2D eigenvalue weighted by molar-refractivity contribution is -0.138. The van der Waals surface area contributed by atoms with E-state index in [1.807, 2.05) is 6.92 Å². The number of carboxylic acid groups (broad SMARTS) is 1. The van der Waals surface area contributed by atoms with Gasteiger partial charge in [0, 0.05) is 11.7 Å². The predicted molar refractivity (Wildman–Crippen MR) is 79.6 cm³/mol. The Labute approximate surface area is 127 Å². The molecule has 7 heteroatoms. The normalized spacial score (nSPS) is 11.8. The second-order valence-electron chi connectivity index (χ2n) is 4.34. The summed E-state index contributed by atoms with van der Waals surface area (Å²) in [7, 11) is 0. The molecule has 2 amide bonds. The van der Waals surface area contributed by atoms with Gasteiger partial charge in [-0.1, -0.05) is 30.1 Å². The van der Waals surface area contributed by atoms with E-state index in [2.05, 4.69) is 5.32 Å². The van der Waals surface area contributed by atoms with Crippen molar-refractivity contribution in [3.05, 3.63) is 28.2 Å². The highest BCUT2D eigenvalue weighted by Gasteiger charge is 2.21. The highest BCUT2D eigenvalue weighted by atomic mass is 35.5. The summed E-state index contributed by atoms with van der Waals surface area (Å²) in [6.07, 6.45) is 0.655. The zero-order valence-corrected chi connectivity index (χ0v) is 12.7. The number of hydrogen-bond acceptors (Lipinski definition) is 2. The molecule has 1 aromatic rings. The average molecular weight is 319 g/mol. The van der Waals surface area contributed by atoms with Crippen LogP contribution in [0.3, 0.4) is 0 Å². The van der Waals surface area contributed by atoms with E-state index in [-0.39, 0.29) is 12.6 Å². The standard InChI is InChI=1S/C13H16Cl2N2O3/c1-3-8(2)17(7-12(18)19)13(20)16-9-4-5-10(14)11(15)6-9/h4-6,8H,3,7H2,1-2H3,(H,16,20)(H,18,19). The van der Waals surface area contributed by atoms with Gasteiger partial charge in [0.2, 0.25) is 0 Å². The van der Waals surface area contributed by atoms with Crippen LogP contribution in [0, 0.1) is 0 Å². The summed E-state index contributed by atoms with van der Waals surface area (Å²) in [5, 5.41) is 12.2. The van der Waals surface area contributed by atoms with E-state index in [0.29, 0.717) is 22.2 Å². The van der Waals surface area contributed by atoms with Gasteiger partial charge in [0.1, 0.15) is 6.54 Å². The molecular weight excluding hydrogens is 303 g/mol. The number of nitrogens with zero attached hydrogens (tertiary/aromatic N) is 1. The van der Waals surface area contributed by atoms with Gasteiger partial charge in [-0.2, -0.15) is 0 Å². The first-order valence-electron chi connectivity index (χ1n) is 6.09. The number of halogens is 2. The van der Waals surface area contributed by atoms with E-state index >= 15 is 0 Å². The van der Waals surface area contributed by atoms with E-state index < -0.39 is 12.0 Å². The molecule has 0 aliphatic rings. The molecule has 1 atom stereocenters. The third-order valence-electron chi connectivity index (χ3n) is 2.86. The molecule has 0 aliphatic carbocycles. The van der Waals surface area contributed by atoms with Gasteiger partial charge in [0.25, 0.3) is 0 Å². The van der Waals surface area contributed by atoms with Crippen molar-refractivity contribution in [2.45, 2.75) is 26.3 Å². The van der Waals surface area contributed by atoms with Crippen LogP contribution in [0.5, 0.6) is 0 Å². The van der Waals surface area contributed by atoms with Gasteiger partial charge in [-0.25, -0.2) is 4.79 Å². The van der Waals surface area contributed by atoms with Crippen molar-refractivity contribution < 1.29 is 14.7 Å². The smallest absolute Gasteiger partial charge is 0.323 e. The van der Waals surface area contributed by atoms with Crippen molar-refractivity contribution in [3.8, 4) is 0 Å². The number of rotatable bonds is 5. The van der Waals surface area contributed by atoms with Gasteiger partial charge in [0.05, 0.1) is 10.0 Å². The molecule has 0 saturated carbocycles. The van der Waals surface area contributed by atoms with E-state index in [1.54, 1.807) is 19.1 Å². The quantitative estimate of drug-likeness (QED) is 0.869. The first-order valence-corrected chi connectivity index (χ1v) is 6.85. The van der Waals surface area contributed by atoms with Gasteiger partial charge in [-0.15, -0.1) is 0 Å². The fourth-order valence-corrected chi connectivity index (χ4v) is 1.86. The number of carboxylic acids is 1. The van der Waals surface area contributed by atoms with Crippen LogP contribution < -0.4 is 5.32 Å². The molecule has 0 aliphatic heterocycles. The number of nitrogens with one attached hydrogen (secondary N) is 1. The molecule has 1 rings (SSSR count). The Bertz CT molecular complexity index is 508. The maximum atomic E-state index is 12.1. The molecule has 1 aromatic carbocycles. The van der Waals surface area contributed by atoms with Crippen LogP contribution in [0.2, 0.25) is 10.0 Å². The van der Waals surface area contributed by atoms with Crippen LogP contribution in [-0.4, -0.2) is 34.6 Å². The monoisotopic (exact) mass is 318 g/mol. The second kappa shape index (κ2) is 7.36. The Morgan fingerprint density at radius 3 is 2.50 bits per heavy atom. The summed E-state index contributed by atoms with van der Waals surface area (Å²) in [6, 6.07) is 4.00. The predicted octanol–water partition coefficient (Wildman–Crippen LogP) is 3.71. The van der Waals surface area contributed by atoms with Crippen LogP contribution in [0.25, 0.3) is 0 Å². The van der Waals surface area contributed by atoms with Crippen molar-refractivity contribution in [2.75, 3.05) is 11.9 Å². The summed E-state index contributed by atoms with van der Waals surface area (Å²) in [5.41, 5.74) is 0.461. The lowest BCUT2D eigenvalue weighted by Crippen LogP contribution is -2.44. The summed E-state index contributed by atoms with van der Waals surface area (Å²) < 4.78 is 0. The van der Waals surface area contributed by atoms with E-state index in [0.717, 1.165) is 0 Å². The Hall–Kier alpha value is -1.46. The molecule has 1 unspecified atom stereocenters. The number of amides is 2. The van der Waals surface area contributed by atoms with Crippen molar-refractivity contribution in [3.63, 3.8) is 0 Å². The van der Waals surface area contributed by atoms with Crippen molar-refractivity contribution in [1.29, 1.82) is 0 Å². The average Bonchev–Trinajstić information content (AvgIpc) is 2.39. The molecule has 0 radical (unpaired) electrons. The fourth-order valence-electron chi connectivity index (χ4n) is 1.56. The van der Waals surface area contributed by atoms with Gasteiger partial charge in [-0.3, -0.25) is 4.79 Å². The number of urea groups is 1. The second-order valence-corrected chi connectivity index (χ2v) is 5.15. The number of benzene rings is 1. The molecule has 5 nitrogen and oxygen atoms in total. The molecule has 0 heterocycles. The maximum absolute atomic E-state index is 12.1. The summed E-state index contributed by atoms with van der Waals surface area (Å²) in [5.74, 6) is -1.06. The summed E-state index contributed by atoms with van der Waals surface area (Å²) in [4.78, 5) is 24.2. The van der Waals surface area contributed by atoms with Crippen LogP contribution in [-0.2, 0) is 4.79 Å². The zero-order chi connectivity index (χ0) is 15.3. The number of hydrogen-bond donors (Lipinski definition) is 2. The first-order chi connectivity index (χ1) is 9.35. The van der Waals surface area contributed by atoms with Crippen molar-refractivity contribution >= 4 is 40.9 Å². The largest absolute Gasteiger partial charge is 0.480 e. The van der Waals surface area contributed by atoms with Crippen LogP contribution in [0.15, 0.2) is 18.2 Å². The third kappa shape index (κ3) is 4.58. The topological polar surface area (TPSA) is 69.6 Å². The lowest BCUT2D eigenvalue weighted by Gasteiger charge is -2.27. The number of carbonyl (C=O) groups is 2. The van der Waals surface area contributed by atoms with Gasteiger partial charge < -0.3 is 15.3 Å². The number of anilines is 1. The van der Waals surface area contributed by atoms with Crippen LogP contribution in [0.1, 0.15) is 20.3 Å². The minimum atomic E-state index is -1.06. The number of aliphatic carboxylic acids is 1. The van der Waals surface area contributed by atoms with Gasteiger partial charge in [-0.05, 0) is 31.5 Å². The molecule has 110 valence electrons. The summed E-state index contributed by atoms with van der Waals surface area (Å²) >= 11 is 11.6. The molecule has 0 bridgehead atoms. The first kappa shape index (κ1) is 16.6. The van der Waals surface area contributed by atoms with E-state index in [9.17, 15) is 9.59 Å². The third-order valence-corrected chi connectivity index (χ3v) is 3.60. The molecule has 0 aromatic heterocycles. The Balaban J connectivity index is 2.84. The van der Waals surface area contributed by atoms with Gasteiger partial charge >= 0.3 is 12.0 Å². The summed E-state index contributed by atoms with van der Waals surface area (Å²) in [6.45, 7) is 3.31. The van der Waals surface area contributed by atoms with Crippen molar-refractivity contribution in [1.82, 2.24) is 4.90 Å². The highest BCUT2D eigenvalue weighted by Crippen LogP contribution is 2.25. The Morgan fingerprint density at radius 2 is 2.00 bits per heavy atom. The molecule has 0 spiro atoms. The molecule has 20 heavy (non-hydrogen) atoms. The maximum Gasteiger partial charge on any atom is 0.323 e. The Morgan fingerprint density at radius 1 is 1.35 bits per heavy atom. The minimum Gasteiger partial charge on any atom is -0.480 e. The SMILES string of the molecule is CCC(C)N(CC(=O)O)C(=O)Nc1ccc(Cl)c(Cl)c1. The molecule has 2 N–H and O–H groups in total. The zero-order valence-electron chi connectivity index (χ0n) is 11.2. The van der Waals surface area contributed by atoms with Crippen LogP contribution >= 0.6 is 23.2 Å². The lowest BCUT2D eigenvalue weighted by atomic mass is 10.2. The molecular formula is C13H16Cl2N2O3. The molecule has 0 fully saturated rings. The number of carbonyl (C=O) groups excluding carboxylic acids is 1. The van der Waals surface area contributed by atoms with E-state index in [4.69, 9.17) is 28.3 Å². The Kier molecular flexibility index (Phi) is 6.10. The van der Waals surface area contributed by atoms with Gasteiger partial charge in [0.15, 0.2) is 0 Å². The fraction of sp³-hybridized carbons (Fsp3) is 0.385. The highest BCUT2D eigenvalue weighted by molar-refractivity contribution is 6.42. The van der Waals surface area contributed by atoms with Crippen LogP contribution in [0.4, 0.5) is 10.5 Å². The van der Waals surface area contributed by atoms with E-state index in [1.165, 1.54) is 11.0 Å². The van der Waals surface area contributed by atoms with Crippen molar-refractivity contribution in [2.24, 2.45) is 0 Å². The minimum absolute atomic E-state index is 0.186. The molecule has 0 saturated heterocycles.